The van der Waals surface area contributed by atoms with Gasteiger partial charge in [-0.05, 0) is 30.7 Å². The van der Waals surface area contributed by atoms with Gasteiger partial charge in [0.25, 0.3) is 0 Å². The summed E-state index contributed by atoms with van der Waals surface area (Å²) in [5.74, 6) is 1.37. The molecule has 2 aromatic rings. The predicted molar refractivity (Wildman–Crippen MR) is 103 cm³/mol. The molecule has 2 atom stereocenters. The number of hydrogen-bond acceptors (Lipinski definition) is 5. The summed E-state index contributed by atoms with van der Waals surface area (Å²) in [7, 11) is 0. The first-order valence-corrected chi connectivity index (χ1v) is 9.95. The van der Waals surface area contributed by atoms with E-state index in [-0.39, 0.29) is 5.91 Å². The zero-order chi connectivity index (χ0) is 18.5. The van der Waals surface area contributed by atoms with Crippen molar-refractivity contribution in [3.63, 3.8) is 0 Å². The highest BCUT2D eigenvalue weighted by atomic mass is 16.2. The Labute approximate surface area is 160 Å². The Balaban J connectivity index is 1.25. The van der Waals surface area contributed by atoms with Crippen molar-refractivity contribution in [2.24, 2.45) is 5.92 Å². The lowest BCUT2D eigenvalue weighted by Crippen LogP contribution is -2.45. The molecule has 2 N–H and O–H groups in total. The fraction of sp³-hybridized carbons (Fsp3) is 0.550. The van der Waals surface area contributed by atoms with Gasteiger partial charge >= 0.3 is 0 Å². The molecular formula is C20H28N6O. The Morgan fingerprint density at radius 1 is 1.19 bits per heavy atom. The van der Waals surface area contributed by atoms with Gasteiger partial charge in [0.05, 0.1) is 0 Å². The van der Waals surface area contributed by atoms with Gasteiger partial charge in [0, 0.05) is 44.6 Å². The van der Waals surface area contributed by atoms with Crippen molar-refractivity contribution in [1.82, 2.24) is 30.5 Å². The van der Waals surface area contributed by atoms with Gasteiger partial charge in [-0.2, -0.15) is 5.10 Å². The normalized spacial score (nSPS) is 23.6. The third-order valence-corrected chi connectivity index (χ3v) is 5.90. The number of aryl methyl sites for hydroxylation is 1. The highest BCUT2D eigenvalue weighted by molar-refractivity contribution is 5.76. The fourth-order valence-electron chi connectivity index (χ4n) is 4.39. The summed E-state index contributed by atoms with van der Waals surface area (Å²) in [6.45, 7) is 3.45. The summed E-state index contributed by atoms with van der Waals surface area (Å²) < 4.78 is 1.78. The number of amides is 1. The second kappa shape index (κ2) is 8.63. The van der Waals surface area contributed by atoms with Gasteiger partial charge in [-0.1, -0.05) is 30.3 Å². The lowest BCUT2D eigenvalue weighted by Gasteiger charge is -2.36. The number of carbonyl (C=O) groups excluding carboxylic acids is 1. The van der Waals surface area contributed by atoms with E-state index in [4.69, 9.17) is 0 Å². The van der Waals surface area contributed by atoms with Crippen LogP contribution in [0.15, 0.2) is 43.0 Å². The van der Waals surface area contributed by atoms with Crippen LogP contribution in [0.4, 0.5) is 0 Å². The molecule has 1 amide bonds. The Hall–Kier alpha value is -2.25. The molecule has 0 bridgehead atoms. The Morgan fingerprint density at radius 3 is 2.74 bits per heavy atom. The number of piperidine rings is 1. The van der Waals surface area contributed by atoms with Gasteiger partial charge < -0.3 is 4.90 Å². The van der Waals surface area contributed by atoms with Gasteiger partial charge in [0.2, 0.25) is 5.91 Å². The van der Waals surface area contributed by atoms with E-state index in [9.17, 15) is 4.79 Å². The molecule has 0 aliphatic carbocycles. The summed E-state index contributed by atoms with van der Waals surface area (Å²) >= 11 is 0. The number of likely N-dealkylation sites (tertiary alicyclic amines) is 1. The van der Waals surface area contributed by atoms with E-state index < -0.39 is 0 Å². The molecule has 4 rings (SSSR count). The van der Waals surface area contributed by atoms with E-state index in [1.807, 2.05) is 4.90 Å². The topological polar surface area (TPSA) is 75.1 Å². The maximum atomic E-state index is 12.5. The average Bonchev–Trinajstić information content (AvgIpc) is 3.41. The minimum Gasteiger partial charge on any atom is -0.343 e. The van der Waals surface area contributed by atoms with Crippen LogP contribution in [-0.4, -0.2) is 51.2 Å². The van der Waals surface area contributed by atoms with Crippen LogP contribution in [0.5, 0.6) is 0 Å². The highest BCUT2D eigenvalue weighted by Gasteiger charge is 2.36. The fourth-order valence-corrected chi connectivity index (χ4v) is 4.39. The molecule has 3 heterocycles. The number of aromatic nitrogens is 3. The number of benzene rings is 1. The van der Waals surface area contributed by atoms with Crippen molar-refractivity contribution in [2.45, 2.75) is 44.2 Å². The molecular weight excluding hydrogens is 340 g/mol. The SMILES string of the molecule is O=C(CCCn1cncn1)N1CCC(C2NNCC2c2ccccc2)CC1. The highest BCUT2D eigenvalue weighted by Crippen LogP contribution is 2.32. The maximum absolute atomic E-state index is 12.5. The van der Waals surface area contributed by atoms with Crippen molar-refractivity contribution in [3.05, 3.63) is 48.5 Å². The summed E-state index contributed by atoms with van der Waals surface area (Å²) in [6, 6.07) is 11.2. The van der Waals surface area contributed by atoms with Crippen LogP contribution in [-0.2, 0) is 11.3 Å². The van der Waals surface area contributed by atoms with Gasteiger partial charge in [0.15, 0.2) is 0 Å². The Kier molecular flexibility index (Phi) is 5.79. The first-order chi connectivity index (χ1) is 13.3. The van der Waals surface area contributed by atoms with Crippen LogP contribution in [0.3, 0.4) is 0 Å². The quantitative estimate of drug-likeness (QED) is 0.809. The van der Waals surface area contributed by atoms with Crippen molar-refractivity contribution >= 4 is 5.91 Å². The van der Waals surface area contributed by atoms with Gasteiger partial charge in [-0.25, -0.2) is 4.98 Å². The molecule has 7 heteroatoms. The predicted octanol–water partition coefficient (Wildman–Crippen LogP) is 1.56. The molecule has 2 aliphatic heterocycles. The molecule has 1 aromatic carbocycles. The molecule has 0 radical (unpaired) electrons. The number of nitrogens with one attached hydrogen (secondary N) is 2. The number of hydrazine groups is 1. The van der Waals surface area contributed by atoms with E-state index >= 15 is 0 Å². The minimum atomic E-state index is 0.269. The average molecular weight is 368 g/mol. The molecule has 0 saturated carbocycles. The van der Waals surface area contributed by atoms with E-state index in [0.29, 0.717) is 24.3 Å². The molecule has 0 spiro atoms. The first-order valence-electron chi connectivity index (χ1n) is 9.95. The van der Waals surface area contributed by atoms with Gasteiger partial charge in [0.1, 0.15) is 12.7 Å². The third kappa shape index (κ3) is 4.36. The number of hydrogen-bond donors (Lipinski definition) is 2. The Bertz CT molecular complexity index is 711. The van der Waals surface area contributed by atoms with Crippen LogP contribution in [0.1, 0.15) is 37.2 Å². The lowest BCUT2D eigenvalue weighted by atomic mass is 9.80. The monoisotopic (exact) mass is 368 g/mol. The van der Waals surface area contributed by atoms with Crippen molar-refractivity contribution in [1.29, 1.82) is 0 Å². The minimum absolute atomic E-state index is 0.269. The van der Waals surface area contributed by atoms with E-state index in [0.717, 1.165) is 45.4 Å². The smallest absolute Gasteiger partial charge is 0.222 e. The number of carbonyl (C=O) groups is 1. The zero-order valence-corrected chi connectivity index (χ0v) is 15.6. The van der Waals surface area contributed by atoms with E-state index in [1.54, 1.807) is 11.0 Å². The summed E-state index contributed by atoms with van der Waals surface area (Å²) in [5, 5.41) is 4.08. The zero-order valence-electron chi connectivity index (χ0n) is 15.6. The molecule has 2 fully saturated rings. The van der Waals surface area contributed by atoms with Crippen LogP contribution < -0.4 is 10.9 Å². The first kappa shape index (κ1) is 18.1. The summed E-state index contributed by atoms with van der Waals surface area (Å²) in [4.78, 5) is 18.5. The second-order valence-corrected chi connectivity index (χ2v) is 7.55. The van der Waals surface area contributed by atoms with Crippen LogP contribution in [0.25, 0.3) is 0 Å². The van der Waals surface area contributed by atoms with E-state index in [2.05, 4.69) is 51.3 Å². The van der Waals surface area contributed by atoms with Gasteiger partial charge in [-0.15, -0.1) is 0 Å². The lowest BCUT2D eigenvalue weighted by molar-refractivity contribution is -0.132. The van der Waals surface area contributed by atoms with Crippen LogP contribution in [0, 0.1) is 5.92 Å². The molecule has 1 aromatic heterocycles. The second-order valence-electron chi connectivity index (χ2n) is 7.55. The number of rotatable bonds is 6. The standard InChI is InChI=1S/C20H28N6O/c27-19(7-4-10-26-15-21-14-23-26)25-11-8-17(9-12-25)20-18(13-22-24-20)16-5-2-1-3-6-16/h1-3,5-6,14-15,17-18,20,22,24H,4,7-13H2. The van der Waals surface area contributed by atoms with Crippen molar-refractivity contribution in [2.75, 3.05) is 19.6 Å². The number of nitrogens with zero attached hydrogens (tertiary/aromatic N) is 4. The summed E-state index contributed by atoms with van der Waals surface area (Å²) in [5.41, 5.74) is 8.24. The molecule has 2 saturated heterocycles. The van der Waals surface area contributed by atoms with E-state index in [1.165, 1.54) is 11.9 Å². The van der Waals surface area contributed by atoms with Gasteiger partial charge in [-0.3, -0.25) is 20.3 Å². The van der Waals surface area contributed by atoms with Crippen LogP contribution in [0.2, 0.25) is 0 Å². The largest absolute Gasteiger partial charge is 0.343 e. The Morgan fingerprint density at radius 2 is 2.00 bits per heavy atom. The molecule has 2 unspecified atom stereocenters. The molecule has 7 nitrogen and oxygen atoms in total. The van der Waals surface area contributed by atoms with Crippen molar-refractivity contribution < 1.29 is 4.79 Å². The molecule has 27 heavy (non-hydrogen) atoms. The van der Waals surface area contributed by atoms with Crippen LogP contribution >= 0.6 is 0 Å². The maximum Gasteiger partial charge on any atom is 0.222 e. The molecule has 144 valence electrons. The van der Waals surface area contributed by atoms with Crippen molar-refractivity contribution in [3.8, 4) is 0 Å². The molecule has 2 aliphatic rings. The third-order valence-electron chi connectivity index (χ3n) is 5.90. The summed E-state index contributed by atoms with van der Waals surface area (Å²) in [6.07, 6.45) is 6.75.